The number of hydroxylamine groups is 2. The highest BCUT2D eigenvalue weighted by atomic mass is 16.7. The van der Waals surface area contributed by atoms with Gasteiger partial charge in [-0.15, -0.1) is 5.06 Å². The minimum atomic E-state index is -0.688. The molecule has 1 saturated heterocycles. The van der Waals surface area contributed by atoms with E-state index >= 15 is 0 Å². The summed E-state index contributed by atoms with van der Waals surface area (Å²) in [5.41, 5.74) is 0. The maximum absolute atomic E-state index is 11.5. The lowest BCUT2D eigenvalue weighted by atomic mass is 10.3. The van der Waals surface area contributed by atoms with E-state index in [2.05, 4.69) is 0 Å². The van der Waals surface area contributed by atoms with Gasteiger partial charge in [0.05, 0.1) is 20.1 Å². The van der Waals surface area contributed by atoms with Gasteiger partial charge in [0.2, 0.25) is 0 Å². The fourth-order valence-electron chi connectivity index (χ4n) is 1.73. The normalized spacial score (nSPS) is 14.2. The van der Waals surface area contributed by atoms with Crippen LogP contribution in [0.25, 0.3) is 0 Å². The molecule has 2 amide bonds. The van der Waals surface area contributed by atoms with E-state index in [0.717, 1.165) is 0 Å². The molecule has 21 heavy (non-hydrogen) atoms. The zero-order valence-corrected chi connectivity index (χ0v) is 11.5. The topological polar surface area (TPSA) is 82.1 Å². The molecule has 0 N–H and O–H groups in total. The lowest BCUT2D eigenvalue weighted by molar-refractivity contribution is -0.197. The average molecular weight is 293 g/mol. The molecule has 7 nitrogen and oxygen atoms in total. The van der Waals surface area contributed by atoms with Crippen molar-refractivity contribution in [3.63, 3.8) is 0 Å². The van der Waals surface area contributed by atoms with E-state index in [1.165, 1.54) is 0 Å². The van der Waals surface area contributed by atoms with Crippen LogP contribution in [0.4, 0.5) is 0 Å². The van der Waals surface area contributed by atoms with E-state index in [9.17, 15) is 14.4 Å². The first-order valence-electron chi connectivity index (χ1n) is 6.43. The van der Waals surface area contributed by atoms with Crippen LogP contribution in [0, 0.1) is 0 Å². The predicted molar refractivity (Wildman–Crippen MR) is 70.3 cm³/mol. The van der Waals surface area contributed by atoms with Crippen molar-refractivity contribution in [2.75, 3.05) is 13.7 Å². The van der Waals surface area contributed by atoms with Crippen molar-refractivity contribution in [2.45, 2.75) is 19.3 Å². The van der Waals surface area contributed by atoms with Gasteiger partial charge in [-0.2, -0.15) is 0 Å². The Kier molecular flexibility index (Phi) is 4.76. The Morgan fingerprint density at radius 1 is 1.10 bits per heavy atom. The molecule has 0 bridgehead atoms. The van der Waals surface area contributed by atoms with E-state index in [1.807, 2.05) is 0 Å². The summed E-state index contributed by atoms with van der Waals surface area (Å²) in [5, 5.41) is 0.524. The van der Waals surface area contributed by atoms with Crippen molar-refractivity contribution >= 4 is 17.8 Å². The van der Waals surface area contributed by atoms with Crippen LogP contribution in [0.2, 0.25) is 0 Å². The van der Waals surface area contributed by atoms with Crippen molar-refractivity contribution in [1.82, 2.24) is 5.06 Å². The fraction of sp³-hybridized carbons (Fsp3) is 0.357. The first-order valence-corrected chi connectivity index (χ1v) is 6.43. The quantitative estimate of drug-likeness (QED) is 0.730. The molecule has 0 spiro atoms. The van der Waals surface area contributed by atoms with Gasteiger partial charge in [-0.3, -0.25) is 9.59 Å². The predicted octanol–water partition coefficient (Wildman–Crippen LogP) is 1.07. The first kappa shape index (κ1) is 14.8. The summed E-state index contributed by atoms with van der Waals surface area (Å²) in [7, 11) is 1.56. The third-order valence-corrected chi connectivity index (χ3v) is 2.83. The second-order valence-electron chi connectivity index (χ2n) is 4.32. The lowest BCUT2D eigenvalue weighted by Crippen LogP contribution is -2.32. The zero-order chi connectivity index (χ0) is 15.2. The van der Waals surface area contributed by atoms with Crippen molar-refractivity contribution in [1.29, 1.82) is 0 Å². The third kappa shape index (κ3) is 3.95. The molecule has 1 fully saturated rings. The zero-order valence-electron chi connectivity index (χ0n) is 11.5. The summed E-state index contributed by atoms with van der Waals surface area (Å²) in [4.78, 5) is 38.7. The Labute approximate surface area is 121 Å². The minimum absolute atomic E-state index is 0.0664. The molecule has 2 rings (SSSR count). The largest absolute Gasteiger partial charge is 0.497 e. The van der Waals surface area contributed by atoms with Gasteiger partial charge in [0.25, 0.3) is 11.8 Å². The van der Waals surface area contributed by atoms with Crippen LogP contribution in [-0.2, 0) is 19.2 Å². The van der Waals surface area contributed by atoms with Crippen LogP contribution in [-0.4, -0.2) is 36.6 Å². The second kappa shape index (κ2) is 6.74. The van der Waals surface area contributed by atoms with Gasteiger partial charge in [-0.25, -0.2) is 4.79 Å². The lowest BCUT2D eigenvalue weighted by Gasteiger charge is -2.12. The standard InChI is InChI=1S/C14H15NO6/c1-19-10-2-4-11(5-3-10)20-9-8-14(18)21-15-12(16)6-7-13(15)17/h2-5H,6-9H2,1H3. The van der Waals surface area contributed by atoms with Gasteiger partial charge in [-0.05, 0) is 24.3 Å². The van der Waals surface area contributed by atoms with E-state index in [4.69, 9.17) is 14.3 Å². The average Bonchev–Trinajstić information content (AvgIpc) is 2.80. The molecule has 0 radical (unpaired) electrons. The molecule has 1 aromatic carbocycles. The molecule has 0 aromatic heterocycles. The highest BCUT2D eigenvalue weighted by molar-refractivity contribution is 6.01. The van der Waals surface area contributed by atoms with E-state index in [-0.39, 0.29) is 25.9 Å². The molecule has 0 saturated carbocycles. The number of hydrogen-bond acceptors (Lipinski definition) is 6. The molecule has 1 aliphatic heterocycles. The molecular weight excluding hydrogens is 278 g/mol. The van der Waals surface area contributed by atoms with Crippen molar-refractivity contribution < 1.29 is 28.7 Å². The smallest absolute Gasteiger partial charge is 0.336 e. The van der Waals surface area contributed by atoms with Crippen LogP contribution < -0.4 is 9.47 Å². The van der Waals surface area contributed by atoms with E-state index in [0.29, 0.717) is 16.6 Å². The number of methoxy groups -OCH3 is 1. The second-order valence-corrected chi connectivity index (χ2v) is 4.32. The number of rotatable bonds is 6. The number of amides is 2. The van der Waals surface area contributed by atoms with Crippen molar-refractivity contribution in [3.8, 4) is 11.5 Å². The summed E-state index contributed by atoms with van der Waals surface area (Å²) in [6.45, 7) is 0.0847. The molecule has 1 aromatic rings. The summed E-state index contributed by atoms with van der Waals surface area (Å²) in [6, 6.07) is 6.87. The number of imide groups is 1. The molecular formula is C14H15NO6. The van der Waals surface area contributed by atoms with Gasteiger partial charge < -0.3 is 14.3 Å². The monoisotopic (exact) mass is 293 g/mol. The molecule has 0 atom stereocenters. The van der Waals surface area contributed by atoms with E-state index < -0.39 is 17.8 Å². The number of nitrogens with zero attached hydrogens (tertiary/aromatic N) is 1. The van der Waals surface area contributed by atoms with Crippen molar-refractivity contribution in [2.24, 2.45) is 0 Å². The highest BCUT2D eigenvalue weighted by Gasteiger charge is 2.32. The van der Waals surface area contributed by atoms with Crippen LogP contribution in [0.1, 0.15) is 19.3 Å². The summed E-state index contributed by atoms with van der Waals surface area (Å²) < 4.78 is 10.4. The van der Waals surface area contributed by atoms with Crippen LogP contribution in [0.15, 0.2) is 24.3 Å². The Morgan fingerprint density at radius 2 is 1.67 bits per heavy atom. The van der Waals surface area contributed by atoms with Crippen LogP contribution in [0.3, 0.4) is 0 Å². The van der Waals surface area contributed by atoms with Gasteiger partial charge >= 0.3 is 5.97 Å². The third-order valence-electron chi connectivity index (χ3n) is 2.83. The van der Waals surface area contributed by atoms with Gasteiger partial charge in [0.1, 0.15) is 11.5 Å². The summed E-state index contributed by atoms with van der Waals surface area (Å²) in [6.07, 6.45) is 0.0893. The van der Waals surface area contributed by atoms with Crippen LogP contribution >= 0.6 is 0 Å². The number of hydrogen-bond donors (Lipinski definition) is 0. The minimum Gasteiger partial charge on any atom is -0.497 e. The molecule has 1 heterocycles. The fourth-order valence-corrected chi connectivity index (χ4v) is 1.73. The number of carbonyl (C=O) groups excluding carboxylic acids is 3. The summed E-state index contributed by atoms with van der Waals surface area (Å²) >= 11 is 0. The molecule has 112 valence electrons. The number of carbonyl (C=O) groups is 3. The highest BCUT2D eigenvalue weighted by Crippen LogP contribution is 2.17. The SMILES string of the molecule is COc1ccc(OCCC(=O)ON2C(=O)CCC2=O)cc1. The molecule has 1 aliphatic rings. The number of benzene rings is 1. The maximum atomic E-state index is 11.5. The van der Waals surface area contributed by atoms with Gasteiger partial charge in [0.15, 0.2) is 0 Å². The van der Waals surface area contributed by atoms with Gasteiger partial charge in [-0.1, -0.05) is 0 Å². The Bertz CT molecular complexity index is 523. The van der Waals surface area contributed by atoms with E-state index in [1.54, 1.807) is 31.4 Å². The Balaban J connectivity index is 1.73. The Morgan fingerprint density at radius 3 is 2.24 bits per heavy atom. The maximum Gasteiger partial charge on any atom is 0.336 e. The molecule has 0 aliphatic carbocycles. The molecule has 7 heteroatoms. The first-order chi connectivity index (χ1) is 10.1. The summed E-state index contributed by atoms with van der Waals surface area (Å²) in [5.74, 6) is -0.397. The van der Waals surface area contributed by atoms with Crippen LogP contribution in [0.5, 0.6) is 11.5 Å². The number of ether oxygens (including phenoxy) is 2. The van der Waals surface area contributed by atoms with Crippen molar-refractivity contribution in [3.05, 3.63) is 24.3 Å². The molecule has 0 unspecified atom stereocenters. The van der Waals surface area contributed by atoms with Gasteiger partial charge in [0, 0.05) is 12.8 Å². The Hall–Kier alpha value is -2.57.